The monoisotopic (exact) mass is 285 g/mol. The number of benzene rings is 1. The summed E-state index contributed by atoms with van der Waals surface area (Å²) in [6.07, 6.45) is 4.68. The molecule has 0 aliphatic carbocycles. The summed E-state index contributed by atoms with van der Waals surface area (Å²) in [6, 6.07) is 10.7. The standard InChI is InChI=1S/C16H23N5/c1-13(2)20-16(17-3)18-11-9-14-5-7-15(8-6-14)21-12-4-10-19-21/h4-8,10,12-13H,9,11H2,1-3H3,(H2,17,18,20). The van der Waals surface area contributed by atoms with Gasteiger partial charge in [-0.3, -0.25) is 4.99 Å². The molecule has 0 unspecified atom stereocenters. The minimum absolute atomic E-state index is 0.379. The third-order valence-corrected chi connectivity index (χ3v) is 3.06. The molecule has 0 aliphatic heterocycles. The molecule has 0 amide bonds. The van der Waals surface area contributed by atoms with E-state index in [0.717, 1.165) is 24.6 Å². The maximum Gasteiger partial charge on any atom is 0.191 e. The Bertz CT molecular complexity index is 555. The van der Waals surface area contributed by atoms with E-state index in [4.69, 9.17) is 0 Å². The van der Waals surface area contributed by atoms with Crippen LogP contribution in [0.1, 0.15) is 19.4 Å². The molecule has 1 aromatic heterocycles. The van der Waals surface area contributed by atoms with Crippen molar-refractivity contribution in [1.29, 1.82) is 0 Å². The van der Waals surface area contributed by atoms with Crippen LogP contribution >= 0.6 is 0 Å². The molecule has 0 bridgehead atoms. The SMILES string of the molecule is CN=C(NCCc1ccc(-n2cccn2)cc1)NC(C)C. The molecule has 2 aromatic rings. The van der Waals surface area contributed by atoms with E-state index < -0.39 is 0 Å². The lowest BCUT2D eigenvalue weighted by Crippen LogP contribution is -2.41. The summed E-state index contributed by atoms with van der Waals surface area (Å²) in [5, 5.41) is 10.8. The summed E-state index contributed by atoms with van der Waals surface area (Å²) in [4.78, 5) is 4.19. The van der Waals surface area contributed by atoms with Crippen LogP contribution in [-0.2, 0) is 6.42 Å². The van der Waals surface area contributed by atoms with Crippen LogP contribution in [0.4, 0.5) is 0 Å². The van der Waals surface area contributed by atoms with Crippen LogP contribution in [0, 0.1) is 0 Å². The molecular weight excluding hydrogens is 262 g/mol. The topological polar surface area (TPSA) is 54.2 Å². The van der Waals surface area contributed by atoms with Gasteiger partial charge in [0.25, 0.3) is 0 Å². The largest absolute Gasteiger partial charge is 0.356 e. The Kier molecular flexibility index (Phi) is 5.37. The third kappa shape index (κ3) is 4.63. The summed E-state index contributed by atoms with van der Waals surface area (Å²) in [7, 11) is 1.79. The van der Waals surface area contributed by atoms with Gasteiger partial charge in [0.1, 0.15) is 0 Å². The first-order valence-electron chi connectivity index (χ1n) is 7.25. The minimum atomic E-state index is 0.379. The van der Waals surface area contributed by atoms with Crippen molar-refractivity contribution in [3.63, 3.8) is 0 Å². The fourth-order valence-electron chi connectivity index (χ4n) is 2.03. The van der Waals surface area contributed by atoms with Gasteiger partial charge in [-0.2, -0.15) is 5.10 Å². The van der Waals surface area contributed by atoms with Crippen molar-refractivity contribution < 1.29 is 0 Å². The van der Waals surface area contributed by atoms with Crippen molar-refractivity contribution in [3.8, 4) is 5.69 Å². The van der Waals surface area contributed by atoms with Crippen molar-refractivity contribution in [2.45, 2.75) is 26.3 Å². The third-order valence-electron chi connectivity index (χ3n) is 3.06. The molecule has 2 N–H and O–H groups in total. The first-order valence-corrected chi connectivity index (χ1v) is 7.25. The smallest absolute Gasteiger partial charge is 0.191 e. The average molecular weight is 285 g/mol. The fraction of sp³-hybridized carbons (Fsp3) is 0.375. The lowest BCUT2D eigenvalue weighted by Gasteiger charge is -2.14. The molecule has 112 valence electrons. The molecule has 0 atom stereocenters. The molecule has 5 heteroatoms. The molecule has 0 saturated heterocycles. The van der Waals surface area contributed by atoms with Gasteiger partial charge in [-0.1, -0.05) is 12.1 Å². The lowest BCUT2D eigenvalue weighted by molar-refractivity contribution is 0.698. The van der Waals surface area contributed by atoms with E-state index >= 15 is 0 Å². The Morgan fingerprint density at radius 2 is 2.05 bits per heavy atom. The van der Waals surface area contributed by atoms with E-state index in [1.807, 2.05) is 16.9 Å². The lowest BCUT2D eigenvalue weighted by atomic mass is 10.1. The molecule has 0 saturated carbocycles. The zero-order valence-electron chi connectivity index (χ0n) is 12.9. The van der Waals surface area contributed by atoms with Crippen molar-refractivity contribution in [2.75, 3.05) is 13.6 Å². The molecule has 0 fully saturated rings. The molecule has 0 spiro atoms. The summed E-state index contributed by atoms with van der Waals surface area (Å²) >= 11 is 0. The van der Waals surface area contributed by atoms with Crippen LogP contribution in [-0.4, -0.2) is 35.4 Å². The second-order valence-electron chi connectivity index (χ2n) is 5.17. The predicted molar refractivity (Wildman–Crippen MR) is 86.9 cm³/mol. The van der Waals surface area contributed by atoms with Gasteiger partial charge >= 0.3 is 0 Å². The van der Waals surface area contributed by atoms with E-state index in [0.29, 0.717) is 6.04 Å². The van der Waals surface area contributed by atoms with Crippen LogP contribution in [0.15, 0.2) is 47.7 Å². The molecular formula is C16H23N5. The first-order chi connectivity index (χ1) is 10.2. The first kappa shape index (κ1) is 15.1. The van der Waals surface area contributed by atoms with E-state index in [1.54, 1.807) is 13.2 Å². The zero-order valence-corrected chi connectivity index (χ0v) is 12.9. The highest BCUT2D eigenvalue weighted by molar-refractivity contribution is 5.79. The second-order valence-corrected chi connectivity index (χ2v) is 5.17. The summed E-state index contributed by atoms with van der Waals surface area (Å²) in [5.74, 6) is 0.846. The summed E-state index contributed by atoms with van der Waals surface area (Å²) in [6.45, 7) is 5.05. The average Bonchev–Trinajstić information content (AvgIpc) is 3.00. The van der Waals surface area contributed by atoms with Gasteiger partial charge in [0, 0.05) is 32.0 Å². The number of nitrogens with zero attached hydrogens (tertiary/aromatic N) is 3. The molecule has 1 aromatic carbocycles. The van der Waals surface area contributed by atoms with Gasteiger partial charge in [0.15, 0.2) is 5.96 Å². The Balaban J connectivity index is 1.84. The number of rotatable bonds is 5. The number of hydrogen-bond acceptors (Lipinski definition) is 2. The van der Waals surface area contributed by atoms with Gasteiger partial charge in [-0.05, 0) is 44.0 Å². The molecule has 0 radical (unpaired) electrons. The van der Waals surface area contributed by atoms with Gasteiger partial charge in [-0.15, -0.1) is 0 Å². The van der Waals surface area contributed by atoms with Gasteiger partial charge < -0.3 is 10.6 Å². The van der Waals surface area contributed by atoms with E-state index in [9.17, 15) is 0 Å². The Morgan fingerprint density at radius 1 is 1.29 bits per heavy atom. The summed E-state index contributed by atoms with van der Waals surface area (Å²) < 4.78 is 1.86. The van der Waals surface area contributed by atoms with Crippen molar-refractivity contribution in [3.05, 3.63) is 48.3 Å². The highest BCUT2D eigenvalue weighted by Gasteiger charge is 2.00. The number of hydrogen-bond donors (Lipinski definition) is 2. The maximum absolute atomic E-state index is 4.22. The fourth-order valence-corrected chi connectivity index (χ4v) is 2.03. The van der Waals surface area contributed by atoms with Gasteiger partial charge in [-0.25, -0.2) is 4.68 Å². The Labute approximate surface area is 126 Å². The van der Waals surface area contributed by atoms with Gasteiger partial charge in [0.2, 0.25) is 0 Å². The van der Waals surface area contributed by atoms with Crippen LogP contribution in [0.2, 0.25) is 0 Å². The molecule has 5 nitrogen and oxygen atoms in total. The Morgan fingerprint density at radius 3 is 2.62 bits per heavy atom. The number of aliphatic imine (C=N–C) groups is 1. The van der Waals surface area contributed by atoms with E-state index in [2.05, 4.69) is 58.8 Å². The second kappa shape index (κ2) is 7.47. The van der Waals surface area contributed by atoms with Crippen LogP contribution in [0.5, 0.6) is 0 Å². The number of nitrogens with one attached hydrogen (secondary N) is 2. The maximum atomic E-state index is 4.22. The Hall–Kier alpha value is -2.30. The highest BCUT2D eigenvalue weighted by Crippen LogP contribution is 2.08. The molecule has 2 rings (SSSR count). The van der Waals surface area contributed by atoms with Crippen LogP contribution in [0.25, 0.3) is 5.69 Å². The minimum Gasteiger partial charge on any atom is -0.356 e. The normalized spacial score (nSPS) is 11.7. The van der Waals surface area contributed by atoms with Crippen LogP contribution in [0.3, 0.4) is 0 Å². The quantitative estimate of drug-likeness (QED) is 0.652. The van der Waals surface area contributed by atoms with Crippen molar-refractivity contribution in [2.24, 2.45) is 4.99 Å². The molecule has 0 aliphatic rings. The molecule has 21 heavy (non-hydrogen) atoms. The van der Waals surface area contributed by atoms with Crippen LogP contribution < -0.4 is 10.6 Å². The summed E-state index contributed by atoms with van der Waals surface area (Å²) in [5.41, 5.74) is 2.37. The van der Waals surface area contributed by atoms with Crippen molar-refractivity contribution in [1.82, 2.24) is 20.4 Å². The number of aromatic nitrogens is 2. The molecule has 1 heterocycles. The van der Waals surface area contributed by atoms with E-state index in [-0.39, 0.29) is 0 Å². The van der Waals surface area contributed by atoms with E-state index in [1.165, 1.54) is 5.56 Å². The van der Waals surface area contributed by atoms with Gasteiger partial charge in [0.05, 0.1) is 5.69 Å². The zero-order chi connectivity index (χ0) is 15.1. The highest BCUT2D eigenvalue weighted by atomic mass is 15.3. The predicted octanol–water partition coefficient (Wildman–Crippen LogP) is 1.99. The van der Waals surface area contributed by atoms with Crippen molar-refractivity contribution >= 4 is 5.96 Å². The number of guanidine groups is 1.